The molecule has 0 spiro atoms. The average molecular weight is 2510 g/mol. The zero-order chi connectivity index (χ0) is 102. The molecule has 0 aliphatic carbocycles. The van der Waals surface area contributed by atoms with Crippen molar-refractivity contribution in [2.75, 3.05) is 0 Å². The molecule has 0 radical (unpaired) electrons. The smallest absolute Gasteiger partial charge is 0.127 e. The summed E-state index contributed by atoms with van der Waals surface area (Å²) in [4.78, 5) is 29.9. The van der Waals surface area contributed by atoms with Gasteiger partial charge < -0.3 is 15.3 Å². The number of pyridine rings is 3. The summed E-state index contributed by atoms with van der Waals surface area (Å²) in [5, 5.41) is 34.2. The molecule has 145 heavy (non-hydrogen) atoms. The predicted octanol–water partition coefficient (Wildman–Crippen LogP) is 36.6. The Bertz CT molecular complexity index is 7720. The van der Waals surface area contributed by atoms with Gasteiger partial charge in [0.2, 0.25) is 0 Å². The van der Waals surface area contributed by atoms with Crippen LogP contribution in [0.25, 0.3) is 163 Å². The first kappa shape index (κ1) is 111. The fourth-order valence-corrected chi connectivity index (χ4v) is 20.6. The minimum absolute atomic E-state index is 0. The second-order valence-corrected chi connectivity index (χ2v) is 51.7. The van der Waals surface area contributed by atoms with Crippen LogP contribution in [-0.4, -0.2) is 45.2 Å². The Morgan fingerprint density at radius 2 is 0.441 bits per heavy atom. The number of nitrogens with zero attached hydrogens (tertiary/aromatic N) is 6. The maximum Gasteiger partial charge on any atom is 0.127 e. The van der Waals surface area contributed by atoms with Crippen LogP contribution in [0.15, 0.2) is 267 Å². The zero-order valence-corrected chi connectivity index (χ0v) is 98.9. The summed E-state index contributed by atoms with van der Waals surface area (Å²) in [7, 11) is 0. The van der Waals surface area contributed by atoms with E-state index < -0.39 is 0 Å². The summed E-state index contributed by atoms with van der Waals surface area (Å²) in [5.41, 5.74) is 36.3. The third kappa shape index (κ3) is 25.5. The summed E-state index contributed by atoms with van der Waals surface area (Å²) in [6.07, 6.45) is 5.76. The molecule has 15 heteroatoms. The number of rotatable bonds is 12. The van der Waals surface area contributed by atoms with Crippen LogP contribution in [0.2, 0.25) is 0 Å². The van der Waals surface area contributed by atoms with E-state index in [2.05, 4.69) is 402 Å². The third-order valence-corrected chi connectivity index (χ3v) is 29.9. The van der Waals surface area contributed by atoms with Gasteiger partial charge in [-0.25, -0.2) is 15.0 Å². The van der Waals surface area contributed by atoms with Gasteiger partial charge in [0.05, 0.1) is 33.2 Å². The minimum atomic E-state index is -0.108. The summed E-state index contributed by atoms with van der Waals surface area (Å²) in [6, 6.07) is 98.2. The Morgan fingerprint density at radius 1 is 0.200 bits per heavy atom. The molecule has 18 rings (SSSR count). The van der Waals surface area contributed by atoms with E-state index in [0.29, 0.717) is 0 Å². The number of hydrogen-bond donors (Lipinski definition) is 3. The van der Waals surface area contributed by atoms with E-state index >= 15 is 0 Å². The number of phenolic OH excluding ortho intramolecular Hbond substituents is 3. The quantitative estimate of drug-likeness (QED) is 0.102. The van der Waals surface area contributed by atoms with Gasteiger partial charge in [0.15, 0.2) is 0 Å². The minimum Gasteiger partial charge on any atom is -0.507 e. The molecule has 0 fully saturated rings. The molecule has 756 valence electrons. The molecule has 6 heterocycles. The molecule has 3 N–H and O–H groups in total. The first-order valence-electron chi connectivity index (χ1n) is 49.6. The Labute approximate surface area is 917 Å². The van der Waals surface area contributed by atoms with Crippen LogP contribution in [-0.2, 0) is 117 Å². The van der Waals surface area contributed by atoms with Crippen molar-refractivity contribution in [3.63, 3.8) is 0 Å². The van der Waals surface area contributed by atoms with Crippen LogP contribution in [0.3, 0.4) is 0 Å². The molecule has 0 atom stereocenters. The second kappa shape index (κ2) is 42.5. The molecular weight excluding hydrogens is 2370 g/mol. The molecule has 0 unspecified atom stereocenters. The van der Waals surface area contributed by atoms with Gasteiger partial charge in [-0.05, 0) is 205 Å². The van der Waals surface area contributed by atoms with Crippen LogP contribution in [0.1, 0.15) is 263 Å². The number of aromatic nitrogens is 6. The number of aromatic hydroxyl groups is 3. The molecule has 6 aromatic heterocycles. The molecule has 0 aliphatic rings. The Hall–Kier alpha value is -10.8. The van der Waals surface area contributed by atoms with Crippen molar-refractivity contribution in [1.82, 2.24) is 29.9 Å². The van der Waals surface area contributed by atoms with Gasteiger partial charge in [-0.2, -0.15) is 0 Å². The Morgan fingerprint density at radius 3 is 0.759 bits per heavy atom. The van der Waals surface area contributed by atoms with Crippen molar-refractivity contribution in [3.05, 3.63) is 341 Å². The molecule has 0 amide bonds. The number of fused-ring (bicyclic) bond motifs is 3. The number of benzene rings is 12. The number of phenols is 3. The molecule has 12 aromatic carbocycles. The SMILES string of the molecule is CC(C)(C)c1cc(-c2cc(-c3cc(C(C)(C)C)cc(C(C)(C)C)c3)ccn2)[c-]c(-c2cc(C(C)(C)C)cc3sc(-c4ccccc4O)nc23)c1.CC(C)(C)c1cc(-c2cc(-c3cc(C(C)(C)C)cc(C(C)(C)C)c3)ccn2)[c-]c(-c2cccc3sc(-c4ccccc4O)nc23)c1.CC(C)(C)c1cc(-c2ccnc(-c3[c-]c(-c4cc(C(C)(C)C)cc5sc(-c6ccccc6O)nc45)ccc3)c2)cc(C(C)(C)C)c1.[Pt].[Pt].[Pt]. The normalized spacial score (nSPS) is 12.4. The molecule has 18 aromatic rings. The van der Waals surface area contributed by atoms with Crippen LogP contribution in [0.5, 0.6) is 17.2 Å². The van der Waals surface area contributed by atoms with Crippen molar-refractivity contribution in [3.8, 4) is 149 Å². The summed E-state index contributed by atoms with van der Waals surface area (Å²) < 4.78 is 3.25. The Kier molecular flexibility index (Phi) is 32.6. The van der Waals surface area contributed by atoms with E-state index in [-0.39, 0.29) is 135 Å². The Balaban J connectivity index is 0.000000180. The number of para-hydroxylation sites is 4. The summed E-state index contributed by atoms with van der Waals surface area (Å²) >= 11 is 4.82. The molecule has 0 bridgehead atoms. The monoisotopic (exact) mass is 2510 g/mol. The van der Waals surface area contributed by atoms with Gasteiger partial charge in [0, 0.05) is 113 Å². The maximum absolute atomic E-state index is 10.7. The van der Waals surface area contributed by atoms with E-state index in [4.69, 9.17) is 29.9 Å². The van der Waals surface area contributed by atoms with E-state index in [0.717, 1.165) is 146 Å². The van der Waals surface area contributed by atoms with E-state index in [9.17, 15) is 15.3 Å². The molecule has 9 nitrogen and oxygen atoms in total. The van der Waals surface area contributed by atoms with Crippen molar-refractivity contribution in [1.29, 1.82) is 0 Å². The van der Waals surface area contributed by atoms with E-state index in [1.807, 2.05) is 73.2 Å². The number of thiazole rings is 3. The molecule has 0 saturated heterocycles. The molecule has 0 saturated carbocycles. The van der Waals surface area contributed by atoms with Crippen LogP contribution in [0.4, 0.5) is 0 Å². The summed E-state index contributed by atoms with van der Waals surface area (Å²) in [6.45, 7) is 67.9. The first-order valence-corrected chi connectivity index (χ1v) is 52.0. The van der Waals surface area contributed by atoms with Gasteiger partial charge in [0.25, 0.3) is 0 Å². The largest absolute Gasteiger partial charge is 0.507 e. The maximum atomic E-state index is 10.7. The van der Waals surface area contributed by atoms with Crippen LogP contribution < -0.4 is 0 Å². The van der Waals surface area contributed by atoms with Gasteiger partial charge in [0.1, 0.15) is 32.3 Å². The molecular formula is C130H137N6O3Pt3S3-3. The van der Waals surface area contributed by atoms with E-state index in [1.165, 1.54) is 72.3 Å². The topological polar surface area (TPSA) is 138 Å². The van der Waals surface area contributed by atoms with Gasteiger partial charge in [-0.15, -0.1) is 122 Å². The molecule has 0 aliphatic heterocycles. The van der Waals surface area contributed by atoms with Gasteiger partial charge in [-0.1, -0.05) is 375 Å². The zero-order valence-electron chi connectivity index (χ0n) is 89.6. The van der Waals surface area contributed by atoms with Crippen molar-refractivity contribution >= 4 is 64.7 Å². The second-order valence-electron chi connectivity index (χ2n) is 48.6. The van der Waals surface area contributed by atoms with Gasteiger partial charge >= 0.3 is 0 Å². The fourth-order valence-electron chi connectivity index (χ4n) is 17.4. The third-order valence-electron chi connectivity index (χ3n) is 26.8. The van der Waals surface area contributed by atoms with Gasteiger partial charge in [-0.3, -0.25) is 15.0 Å². The standard InChI is InChI=1S/C46H51N2OS.2C42H43N2OS.3Pt/c1-43(2,3)32-22-30(37-26-35(46(10,11)12)27-40-41(37)48-42(50-40)36-15-13-14-16-39(36)49)19-31(23-32)38-24-28(17-18-47-38)29-20-33(44(4,5)6)25-34(21-29)45(7,8)9;1-40(2,3)30-20-29(21-31(23-30)41(4,5)6)26-17-18-43-35(22-26)28-14-12-13-27(19-28)34-24-32(42(7,8)9)25-37-38(34)44-39(46-37)33-15-10-11-16-36(33)45;1-40(2,3)30-22-28(33-14-12-16-37-38(33)44-39(46-37)34-13-10-11-15-36(34)45)19-29(23-30)35-24-26(17-18-43-35)27-20-31(41(4,5)6)25-32(21-27)42(7,8)9;;;/h13-18,20-27,49H,1-12H3;2*10-18,20-25,45H,1-9H3;;;/q3*-1;;;. The average Bonchev–Trinajstić information content (AvgIpc) is 1.67. The fraction of sp³-hybridized carbons (Fsp3) is 0.308. The van der Waals surface area contributed by atoms with Crippen LogP contribution >= 0.6 is 34.0 Å². The first-order chi connectivity index (χ1) is 66.3. The summed E-state index contributed by atoms with van der Waals surface area (Å²) in [5.74, 6) is 0.711. The van der Waals surface area contributed by atoms with Crippen LogP contribution in [0, 0.1) is 18.2 Å². The van der Waals surface area contributed by atoms with Crippen molar-refractivity contribution < 1.29 is 78.5 Å². The van der Waals surface area contributed by atoms with Crippen molar-refractivity contribution in [2.45, 2.75) is 262 Å². The predicted molar refractivity (Wildman–Crippen MR) is 606 cm³/mol. The van der Waals surface area contributed by atoms with Crippen molar-refractivity contribution in [2.24, 2.45) is 0 Å². The number of hydrogen-bond acceptors (Lipinski definition) is 12. The van der Waals surface area contributed by atoms with E-state index in [1.54, 1.807) is 52.2 Å².